The van der Waals surface area contributed by atoms with E-state index in [1.165, 1.54) is 25.7 Å². The van der Waals surface area contributed by atoms with Crippen LogP contribution in [0.3, 0.4) is 0 Å². The lowest BCUT2D eigenvalue weighted by Gasteiger charge is -2.08. The van der Waals surface area contributed by atoms with Crippen LogP contribution in [-0.2, 0) is 0 Å². The van der Waals surface area contributed by atoms with E-state index in [0.717, 1.165) is 12.3 Å². The number of Topliss-reactive ketones (excluding diaryl/α,β-unsaturated/α-hetero) is 1. The Labute approximate surface area is 102 Å². The van der Waals surface area contributed by atoms with E-state index >= 15 is 0 Å². The zero-order chi connectivity index (χ0) is 11.4. The van der Waals surface area contributed by atoms with Crippen LogP contribution in [0.4, 0.5) is 0 Å². The summed E-state index contributed by atoms with van der Waals surface area (Å²) in [5.41, 5.74) is 0.683. The fourth-order valence-corrected chi connectivity index (χ4v) is 2.70. The highest BCUT2D eigenvalue weighted by Gasteiger charge is 2.17. The van der Waals surface area contributed by atoms with E-state index in [4.69, 9.17) is 11.6 Å². The van der Waals surface area contributed by atoms with Crippen molar-refractivity contribution in [3.8, 4) is 0 Å². The summed E-state index contributed by atoms with van der Waals surface area (Å²) < 4.78 is 0. The molecule has 0 radical (unpaired) electrons. The fraction of sp³-hybridized carbons (Fsp3) is 0.500. The standard InChI is InChI=1S/C14H17ClO/c15-13-8-4-3-7-12(13)14(16)10-9-11-5-1-2-6-11/h3-4,7-8,11H,1-2,5-6,9-10H2. The third-order valence-corrected chi connectivity index (χ3v) is 3.76. The zero-order valence-corrected chi connectivity index (χ0v) is 10.2. The lowest BCUT2D eigenvalue weighted by atomic mass is 9.97. The van der Waals surface area contributed by atoms with E-state index in [2.05, 4.69) is 0 Å². The van der Waals surface area contributed by atoms with Gasteiger partial charge in [0.15, 0.2) is 5.78 Å². The molecule has 1 aliphatic rings. The predicted octanol–water partition coefficient (Wildman–Crippen LogP) is 4.49. The molecule has 0 bridgehead atoms. The van der Waals surface area contributed by atoms with E-state index in [0.29, 0.717) is 17.0 Å². The molecule has 0 aliphatic heterocycles. The van der Waals surface area contributed by atoms with E-state index in [1.54, 1.807) is 6.07 Å². The minimum absolute atomic E-state index is 0.192. The Kier molecular flexibility index (Phi) is 4.00. The second kappa shape index (κ2) is 5.49. The summed E-state index contributed by atoms with van der Waals surface area (Å²) in [6, 6.07) is 7.33. The Hall–Kier alpha value is -0.820. The first-order valence-electron chi connectivity index (χ1n) is 6.05. The topological polar surface area (TPSA) is 17.1 Å². The van der Waals surface area contributed by atoms with Crippen molar-refractivity contribution in [3.05, 3.63) is 34.9 Å². The van der Waals surface area contributed by atoms with Crippen LogP contribution in [0.2, 0.25) is 5.02 Å². The van der Waals surface area contributed by atoms with Crippen molar-refractivity contribution in [2.24, 2.45) is 5.92 Å². The molecule has 1 aromatic carbocycles. The van der Waals surface area contributed by atoms with Crippen molar-refractivity contribution in [1.82, 2.24) is 0 Å². The minimum Gasteiger partial charge on any atom is -0.294 e. The minimum atomic E-state index is 0.192. The first-order valence-corrected chi connectivity index (χ1v) is 6.43. The highest BCUT2D eigenvalue weighted by molar-refractivity contribution is 6.33. The van der Waals surface area contributed by atoms with Gasteiger partial charge in [-0.15, -0.1) is 0 Å². The Morgan fingerprint density at radius 1 is 1.25 bits per heavy atom. The number of rotatable bonds is 4. The Morgan fingerprint density at radius 2 is 1.94 bits per heavy atom. The molecule has 2 rings (SSSR count). The van der Waals surface area contributed by atoms with Gasteiger partial charge >= 0.3 is 0 Å². The molecule has 0 unspecified atom stereocenters. The third kappa shape index (κ3) is 2.85. The van der Waals surface area contributed by atoms with Crippen molar-refractivity contribution >= 4 is 17.4 Å². The van der Waals surface area contributed by atoms with Crippen molar-refractivity contribution in [3.63, 3.8) is 0 Å². The largest absolute Gasteiger partial charge is 0.294 e. The summed E-state index contributed by atoms with van der Waals surface area (Å²) >= 11 is 5.99. The summed E-state index contributed by atoms with van der Waals surface area (Å²) in [6.45, 7) is 0. The molecule has 1 aromatic rings. The molecule has 1 nitrogen and oxygen atoms in total. The number of ketones is 1. The van der Waals surface area contributed by atoms with Gasteiger partial charge < -0.3 is 0 Å². The Balaban J connectivity index is 1.90. The molecule has 0 N–H and O–H groups in total. The maximum Gasteiger partial charge on any atom is 0.164 e. The van der Waals surface area contributed by atoms with Gasteiger partial charge in [0, 0.05) is 12.0 Å². The molecule has 0 atom stereocenters. The molecular formula is C14H17ClO. The molecular weight excluding hydrogens is 220 g/mol. The van der Waals surface area contributed by atoms with Crippen molar-refractivity contribution in [1.29, 1.82) is 0 Å². The van der Waals surface area contributed by atoms with Gasteiger partial charge in [-0.1, -0.05) is 49.4 Å². The highest BCUT2D eigenvalue weighted by Crippen LogP contribution is 2.29. The van der Waals surface area contributed by atoms with Gasteiger partial charge in [-0.3, -0.25) is 4.79 Å². The lowest BCUT2D eigenvalue weighted by Crippen LogP contribution is -2.03. The fourth-order valence-electron chi connectivity index (χ4n) is 2.46. The van der Waals surface area contributed by atoms with Gasteiger partial charge in [-0.25, -0.2) is 0 Å². The Bertz CT molecular complexity index is 367. The van der Waals surface area contributed by atoms with E-state index < -0.39 is 0 Å². The second-order valence-electron chi connectivity index (χ2n) is 4.59. The first kappa shape index (κ1) is 11.7. The van der Waals surface area contributed by atoms with Crippen LogP contribution < -0.4 is 0 Å². The SMILES string of the molecule is O=C(CCC1CCCC1)c1ccccc1Cl. The van der Waals surface area contributed by atoms with Crippen LogP contribution in [0.1, 0.15) is 48.9 Å². The van der Waals surface area contributed by atoms with Crippen LogP contribution in [0.15, 0.2) is 24.3 Å². The van der Waals surface area contributed by atoms with Crippen LogP contribution >= 0.6 is 11.6 Å². The van der Waals surface area contributed by atoms with E-state index in [1.807, 2.05) is 18.2 Å². The maximum absolute atomic E-state index is 11.9. The van der Waals surface area contributed by atoms with Crippen molar-refractivity contribution in [2.45, 2.75) is 38.5 Å². The Morgan fingerprint density at radius 3 is 2.62 bits per heavy atom. The van der Waals surface area contributed by atoms with E-state index in [-0.39, 0.29) is 5.78 Å². The predicted molar refractivity (Wildman–Crippen MR) is 67.0 cm³/mol. The average Bonchev–Trinajstić information content (AvgIpc) is 2.79. The van der Waals surface area contributed by atoms with Crippen LogP contribution in [0.25, 0.3) is 0 Å². The van der Waals surface area contributed by atoms with Gasteiger partial charge in [0.2, 0.25) is 0 Å². The normalized spacial score (nSPS) is 16.6. The third-order valence-electron chi connectivity index (χ3n) is 3.43. The average molecular weight is 237 g/mol. The number of benzene rings is 1. The van der Waals surface area contributed by atoms with Gasteiger partial charge in [-0.05, 0) is 24.5 Å². The number of carbonyl (C=O) groups excluding carboxylic acids is 1. The van der Waals surface area contributed by atoms with Crippen LogP contribution in [0.5, 0.6) is 0 Å². The summed E-state index contributed by atoms with van der Waals surface area (Å²) in [5.74, 6) is 0.962. The molecule has 1 saturated carbocycles. The van der Waals surface area contributed by atoms with Crippen molar-refractivity contribution in [2.75, 3.05) is 0 Å². The monoisotopic (exact) mass is 236 g/mol. The molecule has 0 amide bonds. The van der Waals surface area contributed by atoms with Gasteiger partial charge in [0.25, 0.3) is 0 Å². The smallest absolute Gasteiger partial charge is 0.164 e. The maximum atomic E-state index is 11.9. The molecule has 0 spiro atoms. The number of hydrogen-bond donors (Lipinski definition) is 0. The van der Waals surface area contributed by atoms with Crippen LogP contribution in [-0.4, -0.2) is 5.78 Å². The molecule has 0 aromatic heterocycles. The molecule has 1 aliphatic carbocycles. The van der Waals surface area contributed by atoms with Crippen molar-refractivity contribution < 1.29 is 4.79 Å². The molecule has 0 heterocycles. The molecule has 2 heteroatoms. The van der Waals surface area contributed by atoms with E-state index in [9.17, 15) is 4.79 Å². The molecule has 86 valence electrons. The number of hydrogen-bond acceptors (Lipinski definition) is 1. The molecule has 0 saturated heterocycles. The summed E-state index contributed by atoms with van der Waals surface area (Å²) in [6.07, 6.45) is 6.96. The summed E-state index contributed by atoms with van der Waals surface area (Å²) in [5, 5.41) is 0.582. The van der Waals surface area contributed by atoms with Gasteiger partial charge in [0.1, 0.15) is 0 Å². The second-order valence-corrected chi connectivity index (χ2v) is 5.00. The zero-order valence-electron chi connectivity index (χ0n) is 9.42. The van der Waals surface area contributed by atoms with Gasteiger partial charge in [-0.2, -0.15) is 0 Å². The number of carbonyl (C=O) groups is 1. The quantitative estimate of drug-likeness (QED) is 0.704. The highest BCUT2D eigenvalue weighted by atomic mass is 35.5. The first-order chi connectivity index (χ1) is 7.77. The number of halogens is 1. The molecule has 1 fully saturated rings. The van der Waals surface area contributed by atoms with Gasteiger partial charge in [0.05, 0.1) is 5.02 Å². The summed E-state index contributed by atoms with van der Waals surface area (Å²) in [7, 11) is 0. The lowest BCUT2D eigenvalue weighted by molar-refractivity contribution is 0.0974. The molecule has 16 heavy (non-hydrogen) atoms. The summed E-state index contributed by atoms with van der Waals surface area (Å²) in [4.78, 5) is 11.9. The van der Waals surface area contributed by atoms with Crippen LogP contribution in [0, 0.1) is 5.92 Å².